The van der Waals surface area contributed by atoms with Crippen molar-refractivity contribution in [3.8, 4) is 0 Å². The monoisotopic (exact) mass is 2380 g/mol. The van der Waals surface area contributed by atoms with Crippen molar-refractivity contribution in [2.75, 3.05) is 26.2 Å². The number of nitrogens with zero attached hydrogens (tertiary/aromatic N) is 1. The molecule has 19 nitrogen and oxygen atoms in total. The molecule has 3 aliphatic rings. The predicted octanol–water partition coefficient (Wildman–Crippen LogP) is 28.5. The number of hydrogen-bond acceptors (Lipinski definition) is 16. The van der Waals surface area contributed by atoms with Gasteiger partial charge in [-0.2, -0.15) is 0 Å². The van der Waals surface area contributed by atoms with Gasteiger partial charge in [-0.1, -0.05) is 410 Å². The third-order valence-electron chi connectivity index (χ3n) is 24.5. The summed E-state index contributed by atoms with van der Waals surface area (Å²) >= 11 is 7.39. The van der Waals surface area contributed by atoms with Gasteiger partial charge in [0.05, 0.1) is 25.7 Å². The Morgan fingerprint density at radius 3 is 0.680 bits per heavy atom. The molecule has 5 N–H and O–H groups in total. The van der Waals surface area contributed by atoms with Crippen LogP contribution in [0.4, 0.5) is 0 Å². The summed E-state index contributed by atoms with van der Waals surface area (Å²) < 4.78 is 4.08. The second-order valence-electron chi connectivity index (χ2n) is 42.9. The molecular weight excluding hydrogens is 2220 g/mol. The molecule has 10 aromatic carbocycles. The van der Waals surface area contributed by atoms with E-state index in [1.807, 2.05) is 187 Å². The van der Waals surface area contributed by atoms with Crippen molar-refractivity contribution in [2.45, 2.75) is 299 Å². The predicted molar refractivity (Wildman–Crippen MR) is 617 cm³/mol. The van der Waals surface area contributed by atoms with Gasteiger partial charge in [-0.15, -0.1) is 0 Å². The number of ether oxygens (including phenoxy) is 1. The van der Waals surface area contributed by atoms with Gasteiger partial charge in [0.1, 0.15) is 34.3 Å². The first-order valence-electron chi connectivity index (χ1n) is 50.4. The number of halogens is 3. The second kappa shape index (κ2) is 65.9. The first kappa shape index (κ1) is 131. The Morgan fingerprint density at radius 1 is 0.293 bits per heavy atom. The van der Waals surface area contributed by atoms with E-state index in [1.54, 1.807) is 12.1 Å². The molecule has 3 fully saturated rings. The van der Waals surface area contributed by atoms with Crippen molar-refractivity contribution in [1.82, 2.24) is 10.2 Å². The molecule has 0 bridgehead atoms. The quantitative estimate of drug-likeness (QED) is 0.0162. The molecule has 0 radical (unpaired) electrons. The molecular formula is C124H160I3N2O17V. The van der Waals surface area contributed by atoms with Gasteiger partial charge in [-0.25, -0.2) is 0 Å². The number of cyclic esters (lactones) is 2. The average Bonchev–Trinajstić information content (AvgIpc) is 0.908. The Labute approximate surface area is 914 Å². The van der Waals surface area contributed by atoms with Crippen LogP contribution >= 0.6 is 59.9 Å². The van der Waals surface area contributed by atoms with E-state index in [1.165, 1.54) is 55.5 Å². The summed E-state index contributed by atoms with van der Waals surface area (Å²) in [7, 11) is 0. The first-order valence-corrected chi connectivity index (χ1v) is 63.9. The maximum absolute atomic E-state index is 12.9. The number of amides is 1. The Bertz CT molecular complexity index is 5270. The Morgan fingerprint density at radius 2 is 0.483 bits per heavy atom. The number of Topliss-reactive ketones (excluding diaryl/α,β-unsaturated/α-hetero) is 7. The van der Waals surface area contributed by atoms with E-state index < -0.39 is 35.1 Å². The number of esters is 2. The molecule has 147 heavy (non-hydrogen) atoms. The van der Waals surface area contributed by atoms with Crippen molar-refractivity contribution < 1.29 is 87.6 Å². The van der Waals surface area contributed by atoms with Crippen LogP contribution in [0.2, 0.25) is 0 Å². The average molecular weight is 2380 g/mol. The summed E-state index contributed by atoms with van der Waals surface area (Å²) in [6, 6.07) is 94.2. The molecule has 13 rings (SSSR count). The van der Waals surface area contributed by atoms with Crippen LogP contribution in [0.5, 0.6) is 0 Å². The number of hydrogen-bond donors (Lipinski definition) is 5. The maximum atomic E-state index is 12.9. The van der Waals surface area contributed by atoms with Crippen LogP contribution in [0.1, 0.15) is 342 Å². The van der Waals surface area contributed by atoms with E-state index >= 15 is 0 Å². The van der Waals surface area contributed by atoms with Crippen LogP contribution in [0.15, 0.2) is 285 Å². The zero-order valence-corrected chi connectivity index (χ0v) is 98.4. The van der Waals surface area contributed by atoms with Crippen molar-refractivity contribution in [3.05, 3.63) is 357 Å². The fraction of sp³-hybridized carbons (Fsp3) is 0.419. The van der Waals surface area contributed by atoms with Gasteiger partial charge >= 0.3 is 88.7 Å². The van der Waals surface area contributed by atoms with Gasteiger partial charge in [0.2, 0.25) is 5.91 Å². The zero-order chi connectivity index (χ0) is 111. The number of rotatable bonds is 24. The van der Waals surface area contributed by atoms with E-state index in [0.29, 0.717) is 84.5 Å². The summed E-state index contributed by atoms with van der Waals surface area (Å²) in [4.78, 5) is 132. The van der Waals surface area contributed by atoms with Gasteiger partial charge in [0.15, 0.2) is 17.3 Å². The van der Waals surface area contributed by atoms with Gasteiger partial charge in [-0.3, -0.25) is 38.4 Å². The van der Waals surface area contributed by atoms with E-state index in [9.17, 15) is 67.7 Å². The van der Waals surface area contributed by atoms with E-state index in [-0.39, 0.29) is 131 Å². The molecule has 0 aromatic heterocycles. The zero-order valence-electron chi connectivity index (χ0n) is 90.6. The fourth-order valence-electron chi connectivity index (χ4n) is 15.5. The number of likely N-dealkylation sites (tertiary alicyclic amines) is 1. The molecule has 3 heterocycles. The summed E-state index contributed by atoms with van der Waals surface area (Å²) in [6.07, 6.45) is 5.85. The Kier molecular flexibility index (Phi) is 58.9. The van der Waals surface area contributed by atoms with Gasteiger partial charge in [0.25, 0.3) is 0 Å². The normalized spacial score (nSPS) is 13.1. The first-order chi connectivity index (χ1) is 68.7. The molecule has 0 aliphatic carbocycles. The number of carboxylic acid groups (broad SMARTS) is 2. The van der Waals surface area contributed by atoms with E-state index in [4.69, 9.17) is 10.2 Å². The summed E-state index contributed by atoms with van der Waals surface area (Å²) in [5.41, 5.74) is 12.5. The minimum atomic E-state index is -1.10. The van der Waals surface area contributed by atoms with Crippen molar-refractivity contribution in [2.24, 2.45) is 11.8 Å². The van der Waals surface area contributed by atoms with E-state index in [0.717, 1.165) is 53.7 Å². The van der Waals surface area contributed by atoms with Crippen LogP contribution in [0.3, 0.4) is 0 Å². The molecule has 0 unspecified atom stereocenters. The number of carbonyl (C=O) groups excluding carboxylic acids is 10. The van der Waals surface area contributed by atoms with Crippen LogP contribution < -0.4 is 5.32 Å². The molecule has 3 aliphatic heterocycles. The molecule has 0 spiro atoms. The molecule has 1 amide bonds. The SMILES string of the molecule is CC(=O)CCC(=O)O.CC(=O)CCC(=O)c1ccc(C(C)(C)C)cc1.CC(=O)CCC(C)=O.CC(C)(C)c1ccc(C(=O)CCC(=O)N2CCC(C(O)(c3ccccc3)c3ccccc3)CC2)cc1.CC(C)(C)c1ccc(C(=O)CCC(=O)O)cc1.CC(C)(C)c1ccccc1.CC(C)(C)c1ccccc1.CC(C)(C)c1ccccc1.O=C1CCC(=O)O1.OC(c1ccccc1)(c1ccccc1)C1CCNCC1.[I][V]([I])[I]. The summed E-state index contributed by atoms with van der Waals surface area (Å²) in [6.45, 7) is 48.2. The number of carbonyl (C=O) groups is 12. The number of ketones is 7. The van der Waals surface area contributed by atoms with Crippen LogP contribution in [0, 0.1) is 11.8 Å². The third-order valence-corrected chi connectivity index (χ3v) is 24.5. The van der Waals surface area contributed by atoms with Crippen molar-refractivity contribution >= 4 is 130 Å². The number of aliphatic carboxylic acids is 2. The van der Waals surface area contributed by atoms with Crippen LogP contribution in [0.25, 0.3) is 0 Å². The van der Waals surface area contributed by atoms with Gasteiger partial charge in [0, 0.05) is 81.1 Å². The standard InChI is InChI=1S/C32H37NO3.C18H21NO.C15H20O2.C14H18O3.3C10H14.C6H10O2.C5H8O3.C4H4O3.3HI.V/c1-31(2,3)25-16-14-24(15-17-25)29(34)18-19-30(35)33-22-20-28(21-23-33)32(36,26-10-6-4-7-11-26)27-12-8-5-9-13-27;20-18(15-7-3-1-4-8-15,16-9-5-2-6-10-16)17-11-13-19-14-12-17;1-11(16)5-10-14(17)12-6-8-13(9-7-12)15(2,3)4;1-14(2,3)11-6-4-10(5-7-11)12(15)8-9-13(16)17;3*1-10(2,3)9-7-5-4-6-8-9;1-5(7)3-4-6(2)8;1-4(6)2-3-5(7)8;5-3-1-2-4(6)7-3;;;;/h4-17,28,36H,18-23H2,1-3H3;1-10,17,19-20H,11-14H2;6-9H,5,10H2,1-4H3;4-7H,8-9H2,1-3H3,(H,16,17);3*4-8H,1-3H3;3-4H2,1-2H3;2-3H2,1H3,(H,7,8);1-2H2;3*1H;/q;;;;;;;;;;;;;+3/p-3. The molecule has 794 valence electrons. The molecule has 0 saturated carbocycles. The van der Waals surface area contributed by atoms with Crippen LogP contribution in [-0.4, -0.2) is 122 Å². The number of nitrogens with one attached hydrogen (secondary N) is 1. The summed E-state index contributed by atoms with van der Waals surface area (Å²) in [5, 5.41) is 43.5. The molecule has 23 heteroatoms. The number of carboxylic acids is 2. The Balaban J connectivity index is 0.000000438. The van der Waals surface area contributed by atoms with Crippen molar-refractivity contribution in [3.63, 3.8) is 0 Å². The second-order valence-corrected chi connectivity index (χ2v) is 78.3. The van der Waals surface area contributed by atoms with Gasteiger partial charge < -0.3 is 54.6 Å². The Hall–Kier alpha value is -9.91. The van der Waals surface area contributed by atoms with Gasteiger partial charge in [-0.05, 0) is 166 Å². The molecule has 10 aromatic rings. The van der Waals surface area contributed by atoms with Crippen molar-refractivity contribution in [1.29, 1.82) is 0 Å². The fourth-order valence-corrected chi connectivity index (χ4v) is 15.5. The third kappa shape index (κ3) is 52.4. The summed E-state index contributed by atoms with van der Waals surface area (Å²) in [5.74, 6) is -2.31. The molecule has 0 atom stereocenters. The number of aliphatic hydroxyl groups is 2. The topological polar surface area (TPSA) is 310 Å². The van der Waals surface area contributed by atoms with Crippen LogP contribution in [-0.2, 0) is 96.5 Å². The molecule has 3 saturated heterocycles. The number of piperidine rings is 2. The number of benzene rings is 10. The van der Waals surface area contributed by atoms with E-state index in [2.05, 4.69) is 286 Å². The minimum absolute atomic E-state index is 0.00113.